The third-order valence-electron chi connectivity index (χ3n) is 10.0. The summed E-state index contributed by atoms with van der Waals surface area (Å²) in [5.41, 5.74) is 2.71. The van der Waals surface area contributed by atoms with Gasteiger partial charge in [0.05, 0.1) is 30.4 Å². The van der Waals surface area contributed by atoms with E-state index in [9.17, 15) is 19.2 Å². The van der Waals surface area contributed by atoms with E-state index in [2.05, 4.69) is 6.08 Å². The Morgan fingerprint density at radius 3 is 2.32 bits per heavy atom. The van der Waals surface area contributed by atoms with Crippen LogP contribution in [-0.2, 0) is 25.7 Å². The second-order valence-corrected chi connectivity index (χ2v) is 12.0. The van der Waals surface area contributed by atoms with Gasteiger partial charge in [-0.1, -0.05) is 61.0 Å². The van der Waals surface area contributed by atoms with Crippen molar-refractivity contribution in [3.05, 3.63) is 88.5 Å². The standard InChI is InChI=1S/C34H35NO6/c1-19-20(2)31(38)34(3)27(30(19)37)17-26-24(29(34)22-9-11-23(12-10-22)41-16-15-36)13-14-25-28(26)33(40)35(32(25)39)18-21-7-5-4-6-8-21/h4-13,25-29,36H,14-18H2,1-3H3/t25-,26+,27-,28-,29-,34+/m0/s1. The third kappa shape index (κ3) is 4.12. The van der Waals surface area contributed by atoms with E-state index < -0.39 is 29.1 Å². The average Bonchev–Trinajstić information content (AvgIpc) is 3.23. The van der Waals surface area contributed by atoms with E-state index in [0.29, 0.717) is 29.7 Å². The molecule has 2 aromatic rings. The molecule has 6 atom stereocenters. The Labute approximate surface area is 239 Å². The van der Waals surface area contributed by atoms with Crippen LogP contribution in [0, 0.1) is 29.1 Å². The molecule has 7 nitrogen and oxygen atoms in total. The van der Waals surface area contributed by atoms with Gasteiger partial charge in [-0.3, -0.25) is 24.1 Å². The number of amides is 2. The lowest BCUT2D eigenvalue weighted by Crippen LogP contribution is -2.55. The molecule has 4 aliphatic rings. The van der Waals surface area contributed by atoms with Gasteiger partial charge in [0.2, 0.25) is 11.8 Å². The zero-order chi connectivity index (χ0) is 29.1. The number of benzene rings is 2. The highest BCUT2D eigenvalue weighted by Gasteiger charge is 2.63. The Morgan fingerprint density at radius 2 is 1.63 bits per heavy atom. The van der Waals surface area contributed by atoms with Crippen LogP contribution in [0.2, 0.25) is 0 Å². The number of imide groups is 1. The number of Topliss-reactive ketones (excluding diaryl/α,β-unsaturated/α-hetero) is 2. The van der Waals surface area contributed by atoms with Crippen molar-refractivity contribution in [1.29, 1.82) is 0 Å². The molecule has 3 aliphatic carbocycles. The van der Waals surface area contributed by atoms with E-state index in [1.807, 2.05) is 61.5 Å². The number of hydrogen-bond donors (Lipinski definition) is 1. The highest BCUT2D eigenvalue weighted by molar-refractivity contribution is 6.16. The number of carbonyl (C=O) groups is 4. The van der Waals surface area contributed by atoms with Gasteiger partial charge in [-0.15, -0.1) is 0 Å². The normalized spacial score (nSPS) is 31.1. The minimum absolute atomic E-state index is 0.0359. The molecule has 0 bridgehead atoms. The van der Waals surface area contributed by atoms with Gasteiger partial charge in [0.1, 0.15) is 12.4 Å². The zero-order valence-corrected chi connectivity index (χ0v) is 23.6. The lowest BCUT2D eigenvalue weighted by molar-refractivity contribution is -0.143. The molecular formula is C34H35NO6. The number of hydrogen-bond acceptors (Lipinski definition) is 6. The number of allylic oxidation sites excluding steroid dienone is 4. The van der Waals surface area contributed by atoms with Crippen LogP contribution < -0.4 is 4.74 Å². The molecule has 0 radical (unpaired) electrons. The lowest BCUT2D eigenvalue weighted by Gasteiger charge is -2.54. The fraction of sp³-hybridized carbons (Fsp3) is 0.412. The molecule has 1 N–H and O–H groups in total. The lowest BCUT2D eigenvalue weighted by atomic mass is 9.46. The van der Waals surface area contributed by atoms with E-state index in [1.54, 1.807) is 13.8 Å². The number of aliphatic hydroxyl groups excluding tert-OH is 1. The second kappa shape index (κ2) is 10.2. The van der Waals surface area contributed by atoms with Gasteiger partial charge in [-0.25, -0.2) is 0 Å². The van der Waals surface area contributed by atoms with Gasteiger partial charge in [-0.2, -0.15) is 0 Å². The molecule has 1 heterocycles. The van der Waals surface area contributed by atoms with Gasteiger partial charge in [0, 0.05) is 11.8 Å². The number of rotatable bonds is 6. The van der Waals surface area contributed by atoms with Crippen molar-refractivity contribution < 1.29 is 29.0 Å². The number of carbonyl (C=O) groups excluding carboxylic acids is 4. The van der Waals surface area contributed by atoms with Crippen LogP contribution in [0.5, 0.6) is 5.75 Å². The van der Waals surface area contributed by atoms with Crippen LogP contribution in [-0.4, -0.2) is 46.6 Å². The minimum Gasteiger partial charge on any atom is -0.491 e. The smallest absolute Gasteiger partial charge is 0.234 e. The first kappa shape index (κ1) is 27.3. The quantitative estimate of drug-likeness (QED) is 0.420. The molecule has 7 heteroatoms. The number of fused-ring (bicyclic) bond motifs is 4. The summed E-state index contributed by atoms with van der Waals surface area (Å²) in [5.74, 6) is -2.19. The van der Waals surface area contributed by atoms with Gasteiger partial charge >= 0.3 is 0 Å². The fourth-order valence-corrected chi connectivity index (χ4v) is 7.87. The molecule has 2 amide bonds. The van der Waals surface area contributed by atoms with Crippen LogP contribution in [0.1, 0.15) is 50.7 Å². The fourth-order valence-electron chi connectivity index (χ4n) is 7.87. The summed E-state index contributed by atoms with van der Waals surface area (Å²) in [6, 6.07) is 17.0. The van der Waals surface area contributed by atoms with E-state index in [-0.39, 0.29) is 49.1 Å². The molecule has 2 aromatic carbocycles. The van der Waals surface area contributed by atoms with Gasteiger partial charge in [-0.05, 0) is 67.0 Å². The Balaban J connectivity index is 1.43. The van der Waals surface area contributed by atoms with Crippen molar-refractivity contribution in [2.75, 3.05) is 13.2 Å². The first-order valence-corrected chi connectivity index (χ1v) is 14.4. The molecule has 6 rings (SSSR count). The van der Waals surface area contributed by atoms with Gasteiger partial charge in [0.15, 0.2) is 11.6 Å². The Kier molecular flexibility index (Phi) is 6.81. The predicted molar refractivity (Wildman–Crippen MR) is 152 cm³/mol. The zero-order valence-electron chi connectivity index (χ0n) is 23.6. The monoisotopic (exact) mass is 553 g/mol. The molecular weight excluding hydrogens is 518 g/mol. The SMILES string of the molecule is CC1=C(C)C(=O)[C@@]2(C)[C@@H](c3ccc(OCCO)cc3)C3=CC[C@@H]4C(=O)N(Cc5ccccc5)C(=O)[C@@H]4[C@@H]3C[C@H]2C1=O. The topological polar surface area (TPSA) is 101 Å². The van der Waals surface area contributed by atoms with Crippen molar-refractivity contribution in [1.82, 2.24) is 4.90 Å². The van der Waals surface area contributed by atoms with Crippen molar-refractivity contribution >= 4 is 23.4 Å². The van der Waals surface area contributed by atoms with Crippen molar-refractivity contribution in [2.24, 2.45) is 29.1 Å². The summed E-state index contributed by atoms with van der Waals surface area (Å²) in [4.78, 5) is 56.9. The minimum atomic E-state index is -1.02. The summed E-state index contributed by atoms with van der Waals surface area (Å²) in [5, 5.41) is 9.13. The summed E-state index contributed by atoms with van der Waals surface area (Å²) in [7, 11) is 0. The van der Waals surface area contributed by atoms with E-state index in [0.717, 1.165) is 16.7 Å². The molecule has 0 spiro atoms. The van der Waals surface area contributed by atoms with E-state index in [4.69, 9.17) is 9.84 Å². The number of ketones is 2. The van der Waals surface area contributed by atoms with Crippen LogP contribution in [0.3, 0.4) is 0 Å². The van der Waals surface area contributed by atoms with E-state index in [1.165, 1.54) is 4.90 Å². The molecule has 1 saturated carbocycles. The summed E-state index contributed by atoms with van der Waals surface area (Å²) in [6.07, 6.45) is 2.87. The van der Waals surface area contributed by atoms with Crippen LogP contribution in [0.4, 0.5) is 0 Å². The number of aliphatic hydroxyl groups is 1. The van der Waals surface area contributed by atoms with Crippen molar-refractivity contribution in [2.45, 2.75) is 46.1 Å². The van der Waals surface area contributed by atoms with Crippen molar-refractivity contribution in [3.63, 3.8) is 0 Å². The Bertz CT molecular complexity index is 1490. The average molecular weight is 554 g/mol. The number of likely N-dealkylation sites (tertiary alicyclic amines) is 1. The third-order valence-corrected chi connectivity index (χ3v) is 10.0. The summed E-state index contributed by atoms with van der Waals surface area (Å²) >= 11 is 0. The maximum absolute atomic E-state index is 14.1. The maximum atomic E-state index is 14.1. The van der Waals surface area contributed by atoms with Crippen LogP contribution in [0.15, 0.2) is 77.4 Å². The maximum Gasteiger partial charge on any atom is 0.234 e. The van der Waals surface area contributed by atoms with Crippen molar-refractivity contribution in [3.8, 4) is 5.75 Å². The number of nitrogens with zero attached hydrogens (tertiary/aromatic N) is 1. The van der Waals surface area contributed by atoms with Crippen LogP contribution >= 0.6 is 0 Å². The number of ether oxygens (including phenoxy) is 1. The highest BCUT2D eigenvalue weighted by Crippen LogP contribution is 2.63. The first-order valence-electron chi connectivity index (χ1n) is 14.4. The molecule has 1 aliphatic heterocycles. The second-order valence-electron chi connectivity index (χ2n) is 12.0. The first-order chi connectivity index (χ1) is 19.7. The summed E-state index contributed by atoms with van der Waals surface area (Å²) in [6.45, 7) is 5.66. The van der Waals surface area contributed by atoms with Crippen LogP contribution in [0.25, 0.3) is 0 Å². The van der Waals surface area contributed by atoms with Gasteiger partial charge < -0.3 is 9.84 Å². The Morgan fingerprint density at radius 1 is 0.927 bits per heavy atom. The molecule has 1 saturated heterocycles. The molecule has 2 fully saturated rings. The molecule has 0 aromatic heterocycles. The predicted octanol–water partition coefficient (Wildman–Crippen LogP) is 4.40. The molecule has 212 valence electrons. The largest absolute Gasteiger partial charge is 0.491 e. The molecule has 0 unspecified atom stereocenters. The highest BCUT2D eigenvalue weighted by atomic mass is 16.5. The summed E-state index contributed by atoms with van der Waals surface area (Å²) < 4.78 is 5.57. The Hall–Kier alpha value is -3.84. The van der Waals surface area contributed by atoms with E-state index >= 15 is 0 Å². The van der Waals surface area contributed by atoms with Gasteiger partial charge in [0.25, 0.3) is 0 Å². The molecule has 41 heavy (non-hydrogen) atoms.